The van der Waals surface area contributed by atoms with Crippen LogP contribution in [0, 0.1) is 5.92 Å². The smallest absolute Gasteiger partial charge is 0.389 e. The number of nitrogens with zero attached hydrogens (tertiary/aromatic N) is 1. The van der Waals surface area contributed by atoms with Gasteiger partial charge >= 0.3 is 6.09 Å². The second kappa shape index (κ2) is 9.69. The third kappa shape index (κ3) is 5.07. The number of allylic oxidation sites excluding steroid dienone is 1. The molecule has 30 heavy (non-hydrogen) atoms. The summed E-state index contributed by atoms with van der Waals surface area (Å²) in [6.45, 7) is 2.08. The average molecular weight is 428 g/mol. The van der Waals surface area contributed by atoms with Gasteiger partial charge < -0.3 is 10.1 Å². The molecule has 2 aliphatic carbocycles. The Bertz CT molecular complexity index is 898. The molecule has 6 heteroatoms. The summed E-state index contributed by atoms with van der Waals surface area (Å²) in [7, 11) is 0. The summed E-state index contributed by atoms with van der Waals surface area (Å²) in [6.07, 6.45) is 11.9. The highest BCUT2D eigenvalue weighted by molar-refractivity contribution is 6.30. The van der Waals surface area contributed by atoms with E-state index in [-0.39, 0.29) is 6.04 Å². The topological polar surface area (TPSA) is 67.0 Å². The Labute approximate surface area is 183 Å². The van der Waals surface area contributed by atoms with Gasteiger partial charge in [0.05, 0.1) is 5.69 Å². The van der Waals surface area contributed by atoms with Crippen molar-refractivity contribution in [3.63, 3.8) is 0 Å². The van der Waals surface area contributed by atoms with E-state index in [1.54, 1.807) is 0 Å². The predicted octanol–water partition coefficient (Wildman–Crippen LogP) is 6.39. The standard InChI is InChI=1S/C24H30ClN3O2/c1-16(18-7-3-2-4-8-18)26-24(29)30-23-21-10-6-5-9-19(22(21)27-28-23)15-17-11-13-20(25)14-12-17/h11-16,18H,2-10H2,1H3,(H,26,29)(H,27,28)/b19-15+/t16-/m0/s1. The van der Waals surface area contributed by atoms with Crippen LogP contribution in [-0.2, 0) is 6.42 Å². The quantitative estimate of drug-likeness (QED) is 0.555. The Balaban J connectivity index is 1.47. The van der Waals surface area contributed by atoms with Gasteiger partial charge in [0.1, 0.15) is 0 Å². The number of H-pyrrole nitrogens is 1. The lowest BCUT2D eigenvalue weighted by atomic mass is 9.85. The van der Waals surface area contributed by atoms with E-state index in [9.17, 15) is 4.79 Å². The zero-order chi connectivity index (χ0) is 20.9. The van der Waals surface area contributed by atoms with Gasteiger partial charge in [0.2, 0.25) is 5.88 Å². The van der Waals surface area contributed by atoms with Gasteiger partial charge in [-0.2, -0.15) is 0 Å². The van der Waals surface area contributed by atoms with Gasteiger partial charge in [0, 0.05) is 16.6 Å². The summed E-state index contributed by atoms with van der Waals surface area (Å²) in [5, 5.41) is 11.2. The van der Waals surface area contributed by atoms with Gasteiger partial charge in [-0.25, -0.2) is 4.79 Å². The van der Waals surface area contributed by atoms with Crippen molar-refractivity contribution >= 4 is 29.3 Å². The van der Waals surface area contributed by atoms with Crippen molar-refractivity contribution in [2.45, 2.75) is 70.8 Å². The Kier molecular flexibility index (Phi) is 6.78. The van der Waals surface area contributed by atoms with E-state index in [4.69, 9.17) is 16.3 Å². The van der Waals surface area contributed by atoms with Crippen LogP contribution in [0.5, 0.6) is 5.88 Å². The monoisotopic (exact) mass is 427 g/mol. The number of benzene rings is 1. The molecule has 160 valence electrons. The summed E-state index contributed by atoms with van der Waals surface area (Å²) < 4.78 is 5.65. The highest BCUT2D eigenvalue weighted by atomic mass is 35.5. The van der Waals surface area contributed by atoms with E-state index < -0.39 is 6.09 Å². The van der Waals surface area contributed by atoms with Crippen molar-refractivity contribution in [2.24, 2.45) is 5.92 Å². The van der Waals surface area contributed by atoms with Crippen LogP contribution in [0.1, 0.15) is 75.1 Å². The number of ether oxygens (including phenoxy) is 1. The third-order valence-corrected chi connectivity index (χ3v) is 6.63. The van der Waals surface area contributed by atoms with Gasteiger partial charge in [-0.15, -0.1) is 5.10 Å². The fourth-order valence-electron chi connectivity index (χ4n) is 4.63. The lowest BCUT2D eigenvalue weighted by Crippen LogP contribution is -2.40. The highest BCUT2D eigenvalue weighted by Gasteiger charge is 2.25. The molecule has 1 aromatic carbocycles. The first-order chi connectivity index (χ1) is 14.6. The number of fused-ring (bicyclic) bond motifs is 1. The van der Waals surface area contributed by atoms with E-state index in [0.29, 0.717) is 11.8 Å². The lowest BCUT2D eigenvalue weighted by molar-refractivity contribution is 0.184. The molecule has 5 nitrogen and oxygen atoms in total. The van der Waals surface area contributed by atoms with E-state index in [0.717, 1.165) is 47.5 Å². The summed E-state index contributed by atoms with van der Waals surface area (Å²) in [4.78, 5) is 12.5. The Morgan fingerprint density at radius 1 is 1.17 bits per heavy atom. The average Bonchev–Trinajstić information content (AvgIpc) is 3.03. The Hall–Kier alpha value is -2.27. The van der Waals surface area contributed by atoms with Crippen LogP contribution in [0.4, 0.5) is 4.79 Å². The zero-order valence-electron chi connectivity index (χ0n) is 17.5. The van der Waals surface area contributed by atoms with Crippen molar-refractivity contribution < 1.29 is 9.53 Å². The number of carbonyl (C=O) groups excluding carboxylic acids is 1. The minimum absolute atomic E-state index is 0.121. The molecule has 1 heterocycles. The number of halogens is 1. The van der Waals surface area contributed by atoms with Gasteiger partial charge in [-0.3, -0.25) is 5.10 Å². The van der Waals surface area contributed by atoms with Crippen molar-refractivity contribution in [3.8, 4) is 5.88 Å². The van der Waals surface area contributed by atoms with Crippen molar-refractivity contribution in [3.05, 3.63) is 46.1 Å². The maximum Gasteiger partial charge on any atom is 0.414 e. The van der Waals surface area contributed by atoms with Gasteiger partial charge in [0.25, 0.3) is 0 Å². The molecule has 4 rings (SSSR count). The molecular formula is C24H30ClN3O2. The molecule has 1 fully saturated rings. The molecular weight excluding hydrogens is 398 g/mol. The van der Waals surface area contributed by atoms with Gasteiger partial charge in [-0.1, -0.05) is 43.0 Å². The molecule has 0 spiro atoms. The number of hydrogen-bond donors (Lipinski definition) is 2. The highest BCUT2D eigenvalue weighted by Crippen LogP contribution is 2.34. The van der Waals surface area contributed by atoms with Crippen molar-refractivity contribution in [2.75, 3.05) is 0 Å². The van der Waals surface area contributed by atoms with E-state index in [2.05, 4.69) is 28.5 Å². The van der Waals surface area contributed by atoms with Crippen LogP contribution in [0.15, 0.2) is 24.3 Å². The van der Waals surface area contributed by atoms with Crippen LogP contribution < -0.4 is 10.1 Å². The van der Waals surface area contributed by atoms with Crippen LogP contribution in [0.25, 0.3) is 11.6 Å². The number of nitrogens with one attached hydrogen (secondary N) is 2. The largest absolute Gasteiger partial charge is 0.414 e. The van der Waals surface area contributed by atoms with Crippen LogP contribution in [0.2, 0.25) is 5.02 Å². The summed E-state index contributed by atoms with van der Waals surface area (Å²) in [5.41, 5.74) is 4.25. The molecule has 0 saturated heterocycles. The molecule has 2 N–H and O–H groups in total. The molecule has 1 saturated carbocycles. The molecule has 1 amide bonds. The van der Waals surface area contributed by atoms with Crippen LogP contribution >= 0.6 is 11.6 Å². The molecule has 0 radical (unpaired) electrons. The number of carbonyl (C=O) groups is 1. The van der Waals surface area contributed by atoms with E-state index in [1.165, 1.54) is 37.7 Å². The first kappa shape index (κ1) is 21.0. The van der Waals surface area contributed by atoms with Crippen LogP contribution in [-0.4, -0.2) is 22.3 Å². The van der Waals surface area contributed by atoms with Crippen molar-refractivity contribution in [1.29, 1.82) is 0 Å². The minimum atomic E-state index is -0.408. The van der Waals surface area contributed by atoms with E-state index in [1.807, 2.05) is 24.3 Å². The summed E-state index contributed by atoms with van der Waals surface area (Å²) in [5.74, 6) is 0.943. The summed E-state index contributed by atoms with van der Waals surface area (Å²) >= 11 is 6.01. The molecule has 1 aromatic heterocycles. The molecule has 0 bridgehead atoms. The number of aromatic amines is 1. The summed E-state index contributed by atoms with van der Waals surface area (Å²) in [6, 6.07) is 7.92. The van der Waals surface area contributed by atoms with E-state index >= 15 is 0 Å². The second-order valence-electron chi connectivity index (χ2n) is 8.53. The fraction of sp³-hybridized carbons (Fsp3) is 0.500. The molecule has 0 unspecified atom stereocenters. The molecule has 2 aliphatic rings. The number of rotatable bonds is 4. The Morgan fingerprint density at radius 2 is 1.90 bits per heavy atom. The van der Waals surface area contributed by atoms with Gasteiger partial charge in [0.15, 0.2) is 0 Å². The first-order valence-corrected chi connectivity index (χ1v) is 11.5. The molecule has 2 aromatic rings. The molecule has 1 atom stereocenters. The minimum Gasteiger partial charge on any atom is -0.389 e. The predicted molar refractivity (Wildman–Crippen MR) is 121 cm³/mol. The zero-order valence-corrected chi connectivity index (χ0v) is 18.3. The maximum absolute atomic E-state index is 12.5. The lowest BCUT2D eigenvalue weighted by Gasteiger charge is -2.27. The number of amides is 1. The number of hydrogen-bond acceptors (Lipinski definition) is 3. The third-order valence-electron chi connectivity index (χ3n) is 6.38. The molecule has 0 aliphatic heterocycles. The van der Waals surface area contributed by atoms with Crippen LogP contribution in [0.3, 0.4) is 0 Å². The second-order valence-corrected chi connectivity index (χ2v) is 8.97. The maximum atomic E-state index is 12.5. The van der Waals surface area contributed by atoms with Crippen molar-refractivity contribution in [1.82, 2.24) is 15.5 Å². The first-order valence-electron chi connectivity index (χ1n) is 11.1. The fourth-order valence-corrected chi connectivity index (χ4v) is 4.76. The number of aromatic nitrogens is 2. The van der Waals surface area contributed by atoms with Gasteiger partial charge in [-0.05, 0) is 80.7 Å². The normalized spacial score (nSPS) is 19.7. The Morgan fingerprint density at radius 3 is 2.67 bits per heavy atom. The SMILES string of the molecule is C[C@H](NC(=O)Oc1n[nH]c2c1CCCC/C2=C\c1ccc(Cl)cc1)C1CCCCC1.